The van der Waals surface area contributed by atoms with Crippen molar-refractivity contribution in [2.24, 2.45) is 0 Å². The normalized spacial score (nSPS) is 11.2. The Labute approximate surface area is 90.6 Å². The van der Waals surface area contributed by atoms with Crippen LogP contribution in [-0.4, -0.2) is 16.7 Å². The minimum atomic E-state index is -1.69. The van der Waals surface area contributed by atoms with Gasteiger partial charge >= 0.3 is 5.97 Å². The predicted molar refractivity (Wildman–Crippen MR) is 53.1 cm³/mol. The summed E-state index contributed by atoms with van der Waals surface area (Å²) in [6, 6.07) is 1.94. The molecular formula is C10H11F2NO3. The van der Waals surface area contributed by atoms with Gasteiger partial charge in [0.2, 0.25) is 5.82 Å². The molecule has 6 heteroatoms. The second kappa shape index (κ2) is 3.96. The Morgan fingerprint density at radius 3 is 2.50 bits per heavy atom. The summed E-state index contributed by atoms with van der Waals surface area (Å²) in [5.41, 5.74) is 3.52. The van der Waals surface area contributed by atoms with Gasteiger partial charge < -0.3 is 15.6 Å². The third kappa shape index (κ3) is 2.21. The number of nitrogen functional groups attached to an aromatic ring is 1. The van der Waals surface area contributed by atoms with E-state index in [2.05, 4.69) is 0 Å². The van der Waals surface area contributed by atoms with Crippen LogP contribution in [0.25, 0.3) is 0 Å². The van der Waals surface area contributed by atoms with Gasteiger partial charge in [-0.2, -0.15) is 4.39 Å². The molecule has 0 fully saturated rings. The van der Waals surface area contributed by atoms with Crippen molar-refractivity contribution in [1.82, 2.24) is 0 Å². The number of aliphatic carboxylic acids is 1. The monoisotopic (exact) mass is 231 g/mol. The van der Waals surface area contributed by atoms with Crippen molar-refractivity contribution in [1.29, 1.82) is 0 Å². The second-order valence-electron chi connectivity index (χ2n) is 3.70. The van der Waals surface area contributed by atoms with Gasteiger partial charge in [-0.25, -0.2) is 9.18 Å². The first-order chi connectivity index (χ1) is 7.25. The molecule has 4 nitrogen and oxygen atoms in total. The number of halogens is 2. The molecule has 0 spiro atoms. The van der Waals surface area contributed by atoms with Gasteiger partial charge in [-0.15, -0.1) is 0 Å². The molecule has 0 bridgehead atoms. The van der Waals surface area contributed by atoms with Crippen LogP contribution in [0.4, 0.5) is 14.5 Å². The molecule has 88 valence electrons. The maximum Gasteiger partial charge on any atom is 0.347 e. The smallest absolute Gasteiger partial charge is 0.347 e. The van der Waals surface area contributed by atoms with Crippen LogP contribution in [0.5, 0.6) is 5.75 Å². The van der Waals surface area contributed by atoms with Crippen molar-refractivity contribution in [3.8, 4) is 5.75 Å². The molecule has 16 heavy (non-hydrogen) atoms. The zero-order valence-electron chi connectivity index (χ0n) is 8.75. The zero-order valence-corrected chi connectivity index (χ0v) is 8.75. The van der Waals surface area contributed by atoms with Crippen LogP contribution in [-0.2, 0) is 4.79 Å². The molecule has 0 unspecified atom stereocenters. The number of carboxylic acid groups (broad SMARTS) is 1. The number of benzene rings is 1. The Bertz CT molecular complexity index is 432. The molecule has 0 radical (unpaired) electrons. The lowest BCUT2D eigenvalue weighted by Crippen LogP contribution is -2.38. The summed E-state index contributed by atoms with van der Waals surface area (Å²) in [6.45, 7) is 2.41. The highest BCUT2D eigenvalue weighted by molar-refractivity contribution is 5.77. The zero-order chi connectivity index (χ0) is 12.5. The summed E-state index contributed by atoms with van der Waals surface area (Å²) in [4.78, 5) is 10.8. The van der Waals surface area contributed by atoms with E-state index in [0.29, 0.717) is 0 Å². The maximum atomic E-state index is 13.3. The molecule has 0 atom stereocenters. The number of anilines is 1. The molecule has 3 N–H and O–H groups in total. The lowest BCUT2D eigenvalue weighted by molar-refractivity contribution is -0.152. The van der Waals surface area contributed by atoms with Crippen molar-refractivity contribution >= 4 is 11.7 Å². The van der Waals surface area contributed by atoms with Gasteiger partial charge in [-0.05, 0) is 26.0 Å². The van der Waals surface area contributed by atoms with E-state index >= 15 is 0 Å². The fourth-order valence-electron chi connectivity index (χ4n) is 0.950. The summed E-state index contributed by atoms with van der Waals surface area (Å²) < 4.78 is 31.0. The molecule has 1 aromatic carbocycles. The number of hydrogen-bond acceptors (Lipinski definition) is 3. The standard InChI is InChI=1S/C10H11F2NO3/c1-10(2,9(14)15)16-8-6(13)4-3-5(11)7(8)12/h3-4H,13H2,1-2H3,(H,14,15). The molecule has 0 aliphatic heterocycles. The lowest BCUT2D eigenvalue weighted by atomic mass is 10.1. The van der Waals surface area contributed by atoms with E-state index < -0.39 is 29.0 Å². The van der Waals surface area contributed by atoms with Crippen LogP contribution in [0.15, 0.2) is 12.1 Å². The minimum Gasteiger partial charge on any atom is -0.478 e. The topological polar surface area (TPSA) is 72.5 Å². The molecular weight excluding hydrogens is 220 g/mol. The SMILES string of the molecule is CC(C)(Oc1c(N)ccc(F)c1F)C(=O)O. The van der Waals surface area contributed by atoms with Gasteiger partial charge in [-0.1, -0.05) is 0 Å². The molecule has 1 rings (SSSR count). The largest absolute Gasteiger partial charge is 0.478 e. The highest BCUT2D eigenvalue weighted by atomic mass is 19.2. The van der Waals surface area contributed by atoms with E-state index in [9.17, 15) is 13.6 Å². The van der Waals surface area contributed by atoms with Crippen molar-refractivity contribution in [2.75, 3.05) is 5.73 Å². The Balaban J connectivity index is 3.15. The summed E-state index contributed by atoms with van der Waals surface area (Å²) in [7, 11) is 0. The molecule has 0 aliphatic rings. The molecule has 0 heterocycles. The average molecular weight is 231 g/mol. The number of hydrogen-bond donors (Lipinski definition) is 2. The molecule has 0 aromatic heterocycles. The van der Waals surface area contributed by atoms with Crippen LogP contribution >= 0.6 is 0 Å². The molecule has 0 saturated heterocycles. The van der Waals surface area contributed by atoms with Crippen molar-refractivity contribution in [2.45, 2.75) is 19.4 Å². The second-order valence-corrected chi connectivity index (χ2v) is 3.70. The summed E-state index contributed by atoms with van der Waals surface area (Å²) >= 11 is 0. The fraction of sp³-hybridized carbons (Fsp3) is 0.300. The highest BCUT2D eigenvalue weighted by Gasteiger charge is 2.31. The summed E-state index contributed by atoms with van der Waals surface area (Å²) in [5, 5.41) is 8.77. The summed E-state index contributed by atoms with van der Waals surface area (Å²) in [6.07, 6.45) is 0. The highest BCUT2D eigenvalue weighted by Crippen LogP contribution is 2.30. The van der Waals surface area contributed by atoms with Gasteiger partial charge in [0.15, 0.2) is 17.2 Å². The third-order valence-corrected chi connectivity index (χ3v) is 1.95. The number of nitrogens with two attached hydrogens (primary N) is 1. The molecule has 0 saturated carbocycles. The number of carboxylic acids is 1. The first-order valence-corrected chi connectivity index (χ1v) is 4.41. The van der Waals surface area contributed by atoms with E-state index in [1.807, 2.05) is 0 Å². The van der Waals surface area contributed by atoms with Crippen LogP contribution < -0.4 is 10.5 Å². The predicted octanol–water partition coefficient (Wildman–Crippen LogP) is 1.79. The minimum absolute atomic E-state index is 0.159. The van der Waals surface area contributed by atoms with E-state index in [4.69, 9.17) is 15.6 Å². The van der Waals surface area contributed by atoms with Crippen LogP contribution in [0.3, 0.4) is 0 Å². The van der Waals surface area contributed by atoms with Gasteiger partial charge in [0.05, 0.1) is 5.69 Å². The third-order valence-electron chi connectivity index (χ3n) is 1.95. The fourth-order valence-corrected chi connectivity index (χ4v) is 0.950. The maximum absolute atomic E-state index is 13.3. The Morgan fingerprint density at radius 2 is 2.00 bits per heavy atom. The van der Waals surface area contributed by atoms with E-state index in [0.717, 1.165) is 12.1 Å². The Kier molecular flexibility index (Phi) is 3.02. The molecule has 0 amide bonds. The van der Waals surface area contributed by atoms with Gasteiger partial charge in [0.1, 0.15) is 0 Å². The average Bonchev–Trinajstić information content (AvgIpc) is 2.18. The van der Waals surface area contributed by atoms with Gasteiger partial charge in [0.25, 0.3) is 0 Å². The van der Waals surface area contributed by atoms with E-state index in [1.165, 1.54) is 13.8 Å². The van der Waals surface area contributed by atoms with Crippen molar-refractivity contribution < 1.29 is 23.4 Å². The van der Waals surface area contributed by atoms with Crippen molar-refractivity contribution in [3.05, 3.63) is 23.8 Å². The van der Waals surface area contributed by atoms with Crippen molar-refractivity contribution in [3.63, 3.8) is 0 Å². The number of rotatable bonds is 3. The quantitative estimate of drug-likeness (QED) is 0.778. The van der Waals surface area contributed by atoms with Crippen LogP contribution in [0.1, 0.15) is 13.8 Å². The first kappa shape index (κ1) is 12.2. The van der Waals surface area contributed by atoms with Crippen LogP contribution in [0.2, 0.25) is 0 Å². The molecule has 1 aromatic rings. The molecule has 0 aliphatic carbocycles. The van der Waals surface area contributed by atoms with Gasteiger partial charge in [-0.3, -0.25) is 0 Å². The Morgan fingerprint density at radius 1 is 1.44 bits per heavy atom. The Hall–Kier alpha value is -1.85. The first-order valence-electron chi connectivity index (χ1n) is 4.41. The van der Waals surface area contributed by atoms with E-state index in [-0.39, 0.29) is 5.69 Å². The summed E-state index contributed by atoms with van der Waals surface area (Å²) in [5.74, 6) is -4.34. The van der Waals surface area contributed by atoms with E-state index in [1.54, 1.807) is 0 Å². The van der Waals surface area contributed by atoms with Gasteiger partial charge in [0, 0.05) is 0 Å². The van der Waals surface area contributed by atoms with Crippen LogP contribution in [0, 0.1) is 11.6 Å². The lowest BCUT2D eigenvalue weighted by Gasteiger charge is -2.22. The number of ether oxygens (including phenoxy) is 1. The number of carbonyl (C=O) groups is 1.